The summed E-state index contributed by atoms with van der Waals surface area (Å²) >= 11 is 0. The molecule has 16 heavy (non-hydrogen) atoms. The van der Waals surface area contributed by atoms with Crippen LogP contribution in [0.3, 0.4) is 0 Å². The predicted molar refractivity (Wildman–Crippen MR) is 62.3 cm³/mol. The Kier molecular flexibility index (Phi) is 5.22. The van der Waals surface area contributed by atoms with Gasteiger partial charge in [-0.2, -0.15) is 0 Å². The average molecular weight is 229 g/mol. The van der Waals surface area contributed by atoms with E-state index in [4.69, 9.17) is 5.11 Å². The van der Waals surface area contributed by atoms with Crippen LogP contribution >= 0.6 is 0 Å². The van der Waals surface area contributed by atoms with Crippen LogP contribution in [0, 0.1) is 11.8 Å². The Morgan fingerprint density at radius 1 is 1.38 bits per heavy atom. The summed E-state index contributed by atoms with van der Waals surface area (Å²) in [5.41, 5.74) is 0. The van der Waals surface area contributed by atoms with Gasteiger partial charge in [0.2, 0.25) is 0 Å². The van der Waals surface area contributed by atoms with Crippen molar-refractivity contribution in [3.05, 3.63) is 0 Å². The number of rotatable bonds is 5. The maximum Gasteiger partial charge on any atom is 0.306 e. The highest BCUT2D eigenvalue weighted by Gasteiger charge is 2.23. The van der Waals surface area contributed by atoms with Crippen LogP contribution in [0.5, 0.6) is 0 Å². The fourth-order valence-electron chi connectivity index (χ4n) is 2.37. The molecule has 0 aromatic rings. The Morgan fingerprint density at radius 3 is 2.38 bits per heavy atom. The molecule has 1 unspecified atom stereocenters. The number of likely N-dealkylation sites (tertiary alicyclic amines) is 1. The molecule has 4 heteroatoms. The molecule has 0 aromatic carbocycles. The van der Waals surface area contributed by atoms with Gasteiger partial charge in [-0.05, 0) is 37.8 Å². The quantitative estimate of drug-likeness (QED) is 0.743. The fourth-order valence-corrected chi connectivity index (χ4v) is 2.37. The third-order valence-corrected chi connectivity index (χ3v) is 3.45. The number of hydrogen-bond acceptors (Lipinski definition) is 3. The van der Waals surface area contributed by atoms with Gasteiger partial charge in [0, 0.05) is 6.54 Å². The zero-order valence-corrected chi connectivity index (χ0v) is 10.2. The summed E-state index contributed by atoms with van der Waals surface area (Å²) in [4.78, 5) is 12.6. The van der Waals surface area contributed by atoms with E-state index in [0.29, 0.717) is 6.54 Å². The van der Waals surface area contributed by atoms with Crippen molar-refractivity contribution < 1.29 is 15.0 Å². The predicted octanol–water partition coefficient (Wildman–Crippen LogP) is 1.19. The highest BCUT2D eigenvalue weighted by molar-refractivity contribution is 5.67. The maximum absolute atomic E-state index is 10.4. The van der Waals surface area contributed by atoms with Crippen LogP contribution in [-0.2, 0) is 4.79 Å². The third-order valence-electron chi connectivity index (χ3n) is 3.45. The van der Waals surface area contributed by atoms with E-state index in [9.17, 15) is 9.90 Å². The summed E-state index contributed by atoms with van der Waals surface area (Å²) < 4.78 is 0. The van der Waals surface area contributed by atoms with Crippen molar-refractivity contribution in [2.24, 2.45) is 11.8 Å². The zero-order valence-electron chi connectivity index (χ0n) is 10.2. The van der Waals surface area contributed by atoms with Crippen molar-refractivity contribution in [1.82, 2.24) is 4.90 Å². The number of hydrogen-bond donors (Lipinski definition) is 2. The number of aliphatic hydroxyl groups excluding tert-OH is 1. The van der Waals surface area contributed by atoms with Crippen LogP contribution in [0.2, 0.25) is 0 Å². The first-order valence-electron chi connectivity index (χ1n) is 6.11. The normalized spacial score (nSPS) is 21.2. The summed E-state index contributed by atoms with van der Waals surface area (Å²) in [6.07, 6.45) is 1.45. The molecule has 4 nitrogen and oxygen atoms in total. The summed E-state index contributed by atoms with van der Waals surface area (Å²) in [7, 11) is 0. The van der Waals surface area contributed by atoms with Crippen LogP contribution in [-0.4, -0.2) is 46.8 Å². The Balaban J connectivity index is 2.24. The van der Waals surface area contributed by atoms with Gasteiger partial charge in [-0.1, -0.05) is 13.8 Å². The van der Waals surface area contributed by atoms with Gasteiger partial charge in [-0.15, -0.1) is 0 Å². The summed E-state index contributed by atoms with van der Waals surface area (Å²) in [6.45, 7) is 6.97. The van der Waals surface area contributed by atoms with Gasteiger partial charge in [0.15, 0.2) is 0 Å². The second-order valence-electron chi connectivity index (χ2n) is 5.13. The van der Waals surface area contributed by atoms with E-state index in [1.807, 2.05) is 0 Å². The minimum absolute atomic E-state index is 0.149. The molecule has 0 radical (unpaired) electrons. The van der Waals surface area contributed by atoms with Gasteiger partial charge in [0.25, 0.3) is 0 Å². The first-order chi connectivity index (χ1) is 7.49. The molecule has 0 bridgehead atoms. The molecule has 2 N–H and O–H groups in total. The number of β-amino-alcohol motifs (C(OH)–C–C–N with tert-alkyl or cyclic N) is 1. The fraction of sp³-hybridized carbons (Fsp3) is 0.917. The molecule has 1 fully saturated rings. The van der Waals surface area contributed by atoms with Gasteiger partial charge in [-0.25, -0.2) is 0 Å². The molecule has 1 aliphatic rings. The first-order valence-corrected chi connectivity index (χ1v) is 6.11. The van der Waals surface area contributed by atoms with Crippen molar-refractivity contribution in [3.8, 4) is 0 Å². The standard InChI is InChI=1S/C12H23NO3/c1-9(2)10-3-5-13(6-4-10)8-11(14)7-12(15)16/h9-11,14H,3-8H2,1-2H3,(H,15,16). The second kappa shape index (κ2) is 6.21. The largest absolute Gasteiger partial charge is 0.481 e. The van der Waals surface area contributed by atoms with Crippen molar-refractivity contribution >= 4 is 5.97 Å². The van der Waals surface area contributed by atoms with Gasteiger partial charge >= 0.3 is 5.97 Å². The van der Waals surface area contributed by atoms with Crippen molar-refractivity contribution in [3.63, 3.8) is 0 Å². The molecule has 1 heterocycles. The SMILES string of the molecule is CC(C)C1CCN(CC(O)CC(=O)O)CC1. The van der Waals surface area contributed by atoms with Crippen molar-refractivity contribution in [1.29, 1.82) is 0 Å². The van der Waals surface area contributed by atoms with E-state index in [1.54, 1.807) is 0 Å². The average Bonchev–Trinajstić information content (AvgIpc) is 2.16. The minimum Gasteiger partial charge on any atom is -0.481 e. The number of carboxylic acid groups (broad SMARTS) is 1. The van der Waals surface area contributed by atoms with Crippen molar-refractivity contribution in [2.75, 3.05) is 19.6 Å². The van der Waals surface area contributed by atoms with E-state index < -0.39 is 12.1 Å². The number of carboxylic acids is 1. The highest BCUT2D eigenvalue weighted by atomic mass is 16.4. The third kappa shape index (κ3) is 4.49. The Labute approximate surface area is 97.3 Å². The van der Waals surface area contributed by atoms with Crippen LogP contribution in [0.15, 0.2) is 0 Å². The number of piperidine rings is 1. The van der Waals surface area contributed by atoms with Crippen LogP contribution in [0.25, 0.3) is 0 Å². The Morgan fingerprint density at radius 2 is 1.94 bits per heavy atom. The Bertz CT molecular complexity index is 222. The lowest BCUT2D eigenvalue weighted by atomic mass is 9.86. The topological polar surface area (TPSA) is 60.8 Å². The zero-order chi connectivity index (χ0) is 12.1. The smallest absolute Gasteiger partial charge is 0.306 e. The number of nitrogens with zero attached hydrogens (tertiary/aromatic N) is 1. The van der Waals surface area contributed by atoms with E-state index in [2.05, 4.69) is 18.7 Å². The second-order valence-corrected chi connectivity index (χ2v) is 5.13. The number of carbonyl (C=O) groups is 1. The highest BCUT2D eigenvalue weighted by Crippen LogP contribution is 2.24. The molecule has 0 saturated carbocycles. The molecule has 1 aliphatic heterocycles. The van der Waals surface area contributed by atoms with E-state index in [-0.39, 0.29) is 6.42 Å². The van der Waals surface area contributed by atoms with Gasteiger partial charge in [0.1, 0.15) is 0 Å². The van der Waals surface area contributed by atoms with Crippen LogP contribution in [0.1, 0.15) is 33.1 Å². The van der Waals surface area contributed by atoms with Crippen LogP contribution in [0.4, 0.5) is 0 Å². The molecule has 1 rings (SSSR count). The van der Waals surface area contributed by atoms with Gasteiger partial charge in [-0.3, -0.25) is 4.79 Å². The molecular formula is C12H23NO3. The maximum atomic E-state index is 10.4. The molecule has 0 amide bonds. The first kappa shape index (κ1) is 13.5. The Hall–Kier alpha value is -0.610. The monoisotopic (exact) mass is 229 g/mol. The van der Waals surface area contributed by atoms with E-state index in [1.165, 1.54) is 0 Å². The number of aliphatic hydroxyl groups is 1. The number of aliphatic carboxylic acids is 1. The minimum atomic E-state index is -0.926. The lowest BCUT2D eigenvalue weighted by molar-refractivity contribution is -0.139. The summed E-state index contributed by atoms with van der Waals surface area (Å²) in [5.74, 6) is 0.587. The molecular weight excluding hydrogens is 206 g/mol. The van der Waals surface area contributed by atoms with Gasteiger partial charge in [0.05, 0.1) is 12.5 Å². The van der Waals surface area contributed by atoms with Gasteiger partial charge < -0.3 is 15.1 Å². The van der Waals surface area contributed by atoms with Crippen molar-refractivity contribution in [2.45, 2.75) is 39.2 Å². The lowest BCUT2D eigenvalue weighted by Gasteiger charge is -2.34. The van der Waals surface area contributed by atoms with E-state index >= 15 is 0 Å². The summed E-state index contributed by atoms with van der Waals surface area (Å²) in [5, 5.41) is 18.1. The molecule has 0 spiro atoms. The molecule has 0 aliphatic carbocycles. The molecule has 94 valence electrons. The summed E-state index contributed by atoms with van der Waals surface area (Å²) in [6, 6.07) is 0. The molecule has 0 aromatic heterocycles. The van der Waals surface area contributed by atoms with E-state index in [0.717, 1.165) is 37.8 Å². The lowest BCUT2D eigenvalue weighted by Crippen LogP contribution is -2.40. The molecule has 1 atom stereocenters. The molecule has 1 saturated heterocycles. The van der Waals surface area contributed by atoms with Crippen LogP contribution < -0.4 is 0 Å².